The summed E-state index contributed by atoms with van der Waals surface area (Å²) in [5.41, 5.74) is 2.04. The summed E-state index contributed by atoms with van der Waals surface area (Å²) < 4.78 is 6.67. The van der Waals surface area contributed by atoms with E-state index in [9.17, 15) is 5.11 Å². The SMILES string of the molecule is CC(O)(c1ccc(I)cc1)c1ccc2c(c1)CCO2. The van der Waals surface area contributed by atoms with Gasteiger partial charge in [0.05, 0.1) is 6.61 Å². The van der Waals surface area contributed by atoms with Crippen LogP contribution in [0.15, 0.2) is 42.5 Å². The van der Waals surface area contributed by atoms with Crippen molar-refractivity contribution < 1.29 is 9.84 Å². The average molecular weight is 366 g/mol. The van der Waals surface area contributed by atoms with Crippen molar-refractivity contribution in [1.82, 2.24) is 0 Å². The van der Waals surface area contributed by atoms with Crippen molar-refractivity contribution in [2.45, 2.75) is 18.9 Å². The Bertz CT molecular complexity index is 603. The molecule has 1 aliphatic heterocycles. The zero-order valence-corrected chi connectivity index (χ0v) is 12.8. The lowest BCUT2D eigenvalue weighted by atomic mass is 9.87. The molecule has 2 aromatic carbocycles. The van der Waals surface area contributed by atoms with Crippen LogP contribution in [-0.2, 0) is 12.0 Å². The number of hydrogen-bond acceptors (Lipinski definition) is 2. The first-order chi connectivity index (χ1) is 9.07. The lowest BCUT2D eigenvalue weighted by molar-refractivity contribution is 0.102. The zero-order chi connectivity index (χ0) is 13.5. The number of benzene rings is 2. The van der Waals surface area contributed by atoms with Crippen LogP contribution in [0.4, 0.5) is 0 Å². The van der Waals surface area contributed by atoms with Gasteiger partial charge in [0, 0.05) is 9.99 Å². The molecule has 0 spiro atoms. The Morgan fingerprint density at radius 3 is 2.53 bits per heavy atom. The van der Waals surface area contributed by atoms with Crippen LogP contribution in [0, 0.1) is 3.57 Å². The summed E-state index contributed by atoms with van der Waals surface area (Å²) in [6, 6.07) is 13.9. The predicted molar refractivity (Wildman–Crippen MR) is 83.5 cm³/mol. The molecule has 2 nitrogen and oxygen atoms in total. The van der Waals surface area contributed by atoms with Crippen molar-refractivity contribution in [3.63, 3.8) is 0 Å². The molecule has 1 atom stereocenters. The van der Waals surface area contributed by atoms with Crippen LogP contribution in [-0.4, -0.2) is 11.7 Å². The van der Waals surface area contributed by atoms with Gasteiger partial charge in [0.2, 0.25) is 0 Å². The van der Waals surface area contributed by atoms with Crippen molar-refractivity contribution in [1.29, 1.82) is 0 Å². The minimum Gasteiger partial charge on any atom is -0.493 e. The monoisotopic (exact) mass is 366 g/mol. The van der Waals surface area contributed by atoms with Crippen molar-refractivity contribution in [2.75, 3.05) is 6.61 Å². The van der Waals surface area contributed by atoms with Gasteiger partial charge in [0.25, 0.3) is 0 Å². The fourth-order valence-corrected chi connectivity index (χ4v) is 2.79. The minimum absolute atomic E-state index is 0.741. The quantitative estimate of drug-likeness (QED) is 0.825. The lowest BCUT2D eigenvalue weighted by Gasteiger charge is -2.25. The third-order valence-corrected chi connectivity index (χ3v) is 4.38. The molecule has 0 fully saturated rings. The van der Waals surface area contributed by atoms with Gasteiger partial charge in [-0.1, -0.05) is 18.2 Å². The Morgan fingerprint density at radius 1 is 1.11 bits per heavy atom. The molecule has 0 amide bonds. The third-order valence-electron chi connectivity index (χ3n) is 3.66. The van der Waals surface area contributed by atoms with Gasteiger partial charge in [-0.15, -0.1) is 0 Å². The van der Waals surface area contributed by atoms with Crippen molar-refractivity contribution in [2.24, 2.45) is 0 Å². The number of aliphatic hydroxyl groups is 1. The molecule has 0 aliphatic carbocycles. The molecule has 98 valence electrons. The highest BCUT2D eigenvalue weighted by Gasteiger charge is 2.27. The first-order valence-electron chi connectivity index (χ1n) is 6.32. The molecule has 1 N–H and O–H groups in total. The molecule has 1 aliphatic rings. The summed E-state index contributed by atoms with van der Waals surface area (Å²) in [7, 11) is 0. The lowest BCUT2D eigenvalue weighted by Crippen LogP contribution is -2.22. The first-order valence-corrected chi connectivity index (χ1v) is 7.40. The molecule has 0 saturated heterocycles. The van der Waals surface area contributed by atoms with Crippen molar-refractivity contribution >= 4 is 22.6 Å². The first kappa shape index (κ1) is 12.9. The van der Waals surface area contributed by atoms with Gasteiger partial charge in [-0.2, -0.15) is 0 Å². The molecule has 0 bridgehead atoms. The van der Waals surface area contributed by atoms with E-state index >= 15 is 0 Å². The Hall–Kier alpha value is -1.07. The topological polar surface area (TPSA) is 29.5 Å². The number of hydrogen-bond donors (Lipinski definition) is 1. The molecule has 2 aromatic rings. The summed E-state index contributed by atoms with van der Waals surface area (Å²) in [6.07, 6.45) is 0.923. The van der Waals surface area contributed by atoms with Crippen LogP contribution in [0.3, 0.4) is 0 Å². The highest BCUT2D eigenvalue weighted by Crippen LogP contribution is 2.34. The van der Waals surface area contributed by atoms with Crippen molar-refractivity contribution in [3.8, 4) is 5.75 Å². The van der Waals surface area contributed by atoms with E-state index in [-0.39, 0.29) is 0 Å². The van der Waals surface area contributed by atoms with Gasteiger partial charge in [0.15, 0.2) is 0 Å². The maximum Gasteiger partial charge on any atom is 0.122 e. The van der Waals surface area contributed by atoms with Crippen molar-refractivity contribution in [3.05, 3.63) is 62.7 Å². The number of halogens is 1. The molecule has 19 heavy (non-hydrogen) atoms. The summed E-state index contributed by atoms with van der Waals surface area (Å²) >= 11 is 2.27. The normalized spacial score (nSPS) is 16.6. The average Bonchev–Trinajstić information content (AvgIpc) is 2.86. The molecule has 3 heteroatoms. The van der Waals surface area contributed by atoms with Gasteiger partial charge < -0.3 is 9.84 Å². The second-order valence-electron chi connectivity index (χ2n) is 5.00. The molecule has 1 heterocycles. The van der Waals surface area contributed by atoms with Gasteiger partial charge in [-0.25, -0.2) is 0 Å². The van der Waals surface area contributed by atoms with E-state index in [1.807, 2.05) is 43.3 Å². The Kier molecular flexibility index (Phi) is 3.27. The smallest absolute Gasteiger partial charge is 0.122 e. The van der Waals surface area contributed by atoms with Gasteiger partial charge in [-0.05, 0) is 70.5 Å². The standard InChI is InChI=1S/C16H15IO2/c1-16(18,12-2-5-14(17)6-3-12)13-4-7-15-11(10-13)8-9-19-15/h2-7,10,18H,8-9H2,1H3. The summed E-state index contributed by atoms with van der Waals surface area (Å²) in [5.74, 6) is 0.946. The number of fused-ring (bicyclic) bond motifs is 1. The number of rotatable bonds is 2. The summed E-state index contributed by atoms with van der Waals surface area (Å²) in [5, 5.41) is 10.8. The van der Waals surface area contributed by atoms with Gasteiger partial charge >= 0.3 is 0 Å². The van der Waals surface area contributed by atoms with E-state index in [0.717, 1.165) is 29.9 Å². The fourth-order valence-electron chi connectivity index (χ4n) is 2.43. The van der Waals surface area contributed by atoms with Crippen LogP contribution in [0.1, 0.15) is 23.6 Å². The molecule has 3 rings (SSSR count). The molecule has 0 aromatic heterocycles. The predicted octanol–water partition coefficient (Wildman–Crippen LogP) is 3.48. The van der Waals surface area contributed by atoms with E-state index in [4.69, 9.17) is 4.74 Å². The van der Waals surface area contributed by atoms with Crippen LogP contribution >= 0.6 is 22.6 Å². The van der Waals surface area contributed by atoms with Crippen LogP contribution in [0.2, 0.25) is 0 Å². The second kappa shape index (κ2) is 4.80. The van der Waals surface area contributed by atoms with Gasteiger partial charge in [0.1, 0.15) is 11.4 Å². The second-order valence-corrected chi connectivity index (χ2v) is 6.25. The minimum atomic E-state index is -0.970. The van der Waals surface area contributed by atoms with E-state index in [1.165, 1.54) is 9.13 Å². The maximum absolute atomic E-state index is 10.8. The summed E-state index contributed by atoms with van der Waals surface area (Å²) in [6.45, 7) is 2.58. The van der Waals surface area contributed by atoms with Crippen LogP contribution in [0.25, 0.3) is 0 Å². The molecule has 1 unspecified atom stereocenters. The Morgan fingerprint density at radius 2 is 1.79 bits per heavy atom. The highest BCUT2D eigenvalue weighted by molar-refractivity contribution is 14.1. The van der Waals surface area contributed by atoms with Crippen LogP contribution < -0.4 is 4.74 Å². The van der Waals surface area contributed by atoms with E-state index in [0.29, 0.717) is 0 Å². The highest BCUT2D eigenvalue weighted by atomic mass is 127. The fraction of sp³-hybridized carbons (Fsp3) is 0.250. The zero-order valence-electron chi connectivity index (χ0n) is 10.7. The summed E-state index contributed by atoms with van der Waals surface area (Å²) in [4.78, 5) is 0. The largest absolute Gasteiger partial charge is 0.493 e. The number of ether oxygens (including phenoxy) is 1. The van der Waals surface area contributed by atoms with E-state index < -0.39 is 5.60 Å². The Balaban J connectivity index is 2.02. The molecular formula is C16H15IO2. The molecule has 0 saturated carbocycles. The van der Waals surface area contributed by atoms with E-state index in [2.05, 4.69) is 28.7 Å². The Labute approximate surface area is 126 Å². The van der Waals surface area contributed by atoms with E-state index in [1.54, 1.807) is 0 Å². The maximum atomic E-state index is 10.8. The third kappa shape index (κ3) is 2.37. The van der Waals surface area contributed by atoms with Crippen LogP contribution in [0.5, 0.6) is 5.75 Å². The molecular weight excluding hydrogens is 351 g/mol. The molecule has 0 radical (unpaired) electrons. The van der Waals surface area contributed by atoms with Gasteiger partial charge in [-0.3, -0.25) is 0 Å².